The molecule has 0 saturated carbocycles. The molecule has 0 aromatic carbocycles. The van der Waals surface area contributed by atoms with Crippen LogP contribution in [-0.4, -0.2) is 32.1 Å². The molecule has 0 aromatic heterocycles. The van der Waals surface area contributed by atoms with Gasteiger partial charge in [0.25, 0.3) is 0 Å². The van der Waals surface area contributed by atoms with Crippen LogP contribution in [0.1, 0.15) is 0 Å². The summed E-state index contributed by atoms with van der Waals surface area (Å²) in [4.78, 5) is 3.81. The van der Waals surface area contributed by atoms with Gasteiger partial charge >= 0.3 is 0 Å². The van der Waals surface area contributed by atoms with Gasteiger partial charge in [0.2, 0.25) is 5.96 Å². The molecule has 0 radical (unpaired) electrons. The van der Waals surface area contributed by atoms with Crippen LogP contribution >= 0.6 is 24.0 Å². The molecule has 0 aliphatic rings. The smallest absolute Gasteiger partial charge is 0.207 e. The predicted octanol–water partition coefficient (Wildman–Crippen LogP) is -0.385. The maximum atomic E-state index is 5.30. The van der Waals surface area contributed by atoms with E-state index in [1.807, 2.05) is 0 Å². The van der Waals surface area contributed by atoms with E-state index in [4.69, 9.17) is 5.84 Å². The Bertz CT molecular complexity index is 90.6. The molecule has 0 bridgehead atoms. The molecule has 0 aliphatic carbocycles. The van der Waals surface area contributed by atoms with Gasteiger partial charge in [-0.3, -0.25) is 10.0 Å². The molecule has 3 N–H and O–H groups in total. The third kappa shape index (κ3) is 4.46. The Morgan fingerprint density at radius 3 is 2.11 bits per heavy atom. The second kappa shape index (κ2) is 6.09. The maximum Gasteiger partial charge on any atom is 0.207 e. The third-order valence-electron chi connectivity index (χ3n) is 0.769. The summed E-state index contributed by atoms with van der Waals surface area (Å²) in [5, 5.41) is 4.22. The van der Waals surface area contributed by atoms with Gasteiger partial charge in [-0.15, -0.1) is 24.0 Å². The van der Waals surface area contributed by atoms with Gasteiger partial charge in [-0.1, -0.05) is 0 Å². The van der Waals surface area contributed by atoms with Gasteiger partial charge in [0.05, 0.1) is 0 Å². The van der Waals surface area contributed by atoms with Crippen molar-refractivity contribution >= 4 is 29.9 Å². The Hall–Kier alpha value is -0.0400. The molecule has 0 atom stereocenters. The molecule has 0 aliphatic heterocycles. The van der Waals surface area contributed by atoms with E-state index in [9.17, 15) is 0 Å². The second-order valence-electron chi connectivity index (χ2n) is 1.41. The third-order valence-corrected chi connectivity index (χ3v) is 0.769. The molecule has 5 heteroatoms. The summed E-state index contributed by atoms with van der Waals surface area (Å²) in [6.07, 6.45) is 0. The lowest BCUT2D eigenvalue weighted by Gasteiger charge is -2.12. The molecular weight excluding hydrogens is 231 g/mol. The van der Waals surface area contributed by atoms with Crippen LogP contribution in [0.5, 0.6) is 0 Å². The van der Waals surface area contributed by atoms with Gasteiger partial charge in [0, 0.05) is 21.1 Å². The van der Waals surface area contributed by atoms with E-state index in [1.165, 1.54) is 5.01 Å². The highest BCUT2D eigenvalue weighted by Crippen LogP contribution is 1.69. The van der Waals surface area contributed by atoms with Gasteiger partial charge < -0.3 is 5.32 Å². The Labute approximate surface area is 72.5 Å². The summed E-state index contributed by atoms with van der Waals surface area (Å²) in [7, 11) is 5.17. The first-order valence-electron chi connectivity index (χ1n) is 2.35. The van der Waals surface area contributed by atoms with Crippen molar-refractivity contribution in [2.45, 2.75) is 0 Å². The molecule has 0 heterocycles. The zero-order valence-corrected chi connectivity index (χ0v) is 8.21. The Balaban J connectivity index is 0. The maximum absolute atomic E-state index is 5.30. The number of guanidine groups is 1. The van der Waals surface area contributed by atoms with Crippen molar-refractivity contribution in [2.75, 3.05) is 21.1 Å². The molecule has 4 nitrogen and oxygen atoms in total. The minimum atomic E-state index is 0. The van der Waals surface area contributed by atoms with Crippen LogP contribution in [0, 0.1) is 0 Å². The van der Waals surface area contributed by atoms with Crippen LogP contribution in [0.15, 0.2) is 4.99 Å². The molecule has 0 rings (SSSR count). The van der Waals surface area contributed by atoms with Gasteiger partial charge in [-0.05, 0) is 0 Å². The van der Waals surface area contributed by atoms with Crippen LogP contribution < -0.4 is 11.2 Å². The molecule has 0 aromatic rings. The van der Waals surface area contributed by atoms with Crippen LogP contribution in [-0.2, 0) is 0 Å². The van der Waals surface area contributed by atoms with E-state index in [0.29, 0.717) is 5.96 Å². The zero-order chi connectivity index (χ0) is 6.57. The van der Waals surface area contributed by atoms with E-state index in [1.54, 1.807) is 21.1 Å². The highest BCUT2D eigenvalue weighted by Gasteiger charge is 1.92. The summed E-state index contributed by atoms with van der Waals surface area (Å²) in [5.41, 5.74) is 0. The highest BCUT2D eigenvalue weighted by molar-refractivity contribution is 14.0. The number of rotatable bonds is 0. The largest absolute Gasteiger partial charge is 0.358 e. The number of hydrazine groups is 1. The first kappa shape index (κ1) is 11.7. The van der Waals surface area contributed by atoms with E-state index >= 15 is 0 Å². The average Bonchev–Trinajstić information content (AvgIpc) is 1.69. The zero-order valence-electron chi connectivity index (χ0n) is 5.88. The van der Waals surface area contributed by atoms with E-state index in [0.717, 1.165) is 0 Å². The van der Waals surface area contributed by atoms with Crippen molar-refractivity contribution in [1.29, 1.82) is 0 Å². The minimum absolute atomic E-state index is 0. The quantitative estimate of drug-likeness (QED) is 0.201. The summed E-state index contributed by atoms with van der Waals surface area (Å²) in [5.74, 6) is 5.97. The van der Waals surface area contributed by atoms with Gasteiger partial charge in [-0.2, -0.15) is 0 Å². The second-order valence-corrected chi connectivity index (χ2v) is 1.41. The molecule has 0 saturated heterocycles. The standard InChI is InChI=1S/C4H12N4.HI/c1-6-4(7-2)8(3)5;/h5H2,1-3H3,(H,6,7);1H. The SMILES string of the molecule is CN=C(NC)N(C)N.I. The molecule has 9 heavy (non-hydrogen) atoms. The fourth-order valence-electron chi connectivity index (χ4n) is 0.446. The van der Waals surface area contributed by atoms with Gasteiger partial charge in [0.15, 0.2) is 0 Å². The molecule has 0 spiro atoms. The fourth-order valence-corrected chi connectivity index (χ4v) is 0.446. The number of nitrogens with zero attached hydrogens (tertiary/aromatic N) is 2. The number of nitrogens with one attached hydrogen (secondary N) is 1. The lowest BCUT2D eigenvalue weighted by atomic mass is 10.9. The van der Waals surface area contributed by atoms with Gasteiger partial charge in [-0.25, -0.2) is 5.84 Å². The molecule has 0 amide bonds. The molecule has 0 unspecified atom stereocenters. The minimum Gasteiger partial charge on any atom is -0.358 e. The Morgan fingerprint density at radius 1 is 1.67 bits per heavy atom. The summed E-state index contributed by atoms with van der Waals surface area (Å²) >= 11 is 0. The average molecular weight is 244 g/mol. The highest BCUT2D eigenvalue weighted by atomic mass is 127. The van der Waals surface area contributed by atoms with E-state index in [2.05, 4.69) is 10.3 Å². The van der Waals surface area contributed by atoms with Crippen molar-refractivity contribution in [3.63, 3.8) is 0 Å². The van der Waals surface area contributed by atoms with E-state index in [-0.39, 0.29) is 24.0 Å². The lowest BCUT2D eigenvalue weighted by Crippen LogP contribution is -2.41. The first-order valence-corrected chi connectivity index (χ1v) is 2.35. The van der Waals surface area contributed by atoms with Crippen molar-refractivity contribution in [3.05, 3.63) is 0 Å². The predicted molar refractivity (Wildman–Crippen MR) is 49.8 cm³/mol. The Morgan fingerprint density at radius 2 is 2.11 bits per heavy atom. The van der Waals surface area contributed by atoms with Crippen molar-refractivity contribution in [2.24, 2.45) is 10.8 Å². The van der Waals surface area contributed by atoms with Crippen molar-refractivity contribution in [3.8, 4) is 0 Å². The van der Waals surface area contributed by atoms with Gasteiger partial charge in [0.1, 0.15) is 0 Å². The fraction of sp³-hybridized carbons (Fsp3) is 0.750. The summed E-state index contributed by atoms with van der Waals surface area (Å²) in [6, 6.07) is 0. The number of halogens is 1. The van der Waals surface area contributed by atoms with Crippen LogP contribution in [0.4, 0.5) is 0 Å². The number of hydrogen-bond acceptors (Lipinski definition) is 2. The topological polar surface area (TPSA) is 53.7 Å². The number of aliphatic imine (C=N–C) groups is 1. The monoisotopic (exact) mass is 244 g/mol. The molecule has 0 fully saturated rings. The number of nitrogens with two attached hydrogens (primary N) is 1. The lowest BCUT2D eigenvalue weighted by molar-refractivity contribution is 0.518. The molecule has 56 valence electrons. The normalized spacial score (nSPS) is 10.0. The first-order chi connectivity index (χ1) is 3.72. The van der Waals surface area contributed by atoms with Crippen molar-refractivity contribution < 1.29 is 0 Å². The summed E-state index contributed by atoms with van der Waals surface area (Å²) < 4.78 is 0. The van der Waals surface area contributed by atoms with Crippen LogP contribution in [0.3, 0.4) is 0 Å². The summed E-state index contributed by atoms with van der Waals surface area (Å²) in [6.45, 7) is 0. The van der Waals surface area contributed by atoms with E-state index < -0.39 is 0 Å². The van der Waals surface area contributed by atoms with Crippen LogP contribution in [0.25, 0.3) is 0 Å². The number of hydrogen-bond donors (Lipinski definition) is 2. The Kier molecular flexibility index (Phi) is 7.92. The molecular formula is C4H13IN4. The van der Waals surface area contributed by atoms with Crippen LogP contribution in [0.2, 0.25) is 0 Å². The van der Waals surface area contributed by atoms with Crippen molar-refractivity contribution in [1.82, 2.24) is 10.3 Å².